The first-order chi connectivity index (χ1) is 12.2. The van der Waals surface area contributed by atoms with Crippen molar-refractivity contribution in [3.8, 4) is 0 Å². The SMILES string of the molecule is O=C(NCC(O)CN1CCc2ccccc2C1)OCc1ccccc1. The molecule has 5 heteroatoms. The molecule has 0 aliphatic carbocycles. The summed E-state index contributed by atoms with van der Waals surface area (Å²) in [7, 11) is 0. The number of fused-ring (bicyclic) bond motifs is 1. The molecule has 5 nitrogen and oxygen atoms in total. The number of benzene rings is 2. The van der Waals surface area contributed by atoms with E-state index >= 15 is 0 Å². The molecule has 2 aromatic carbocycles. The van der Waals surface area contributed by atoms with E-state index < -0.39 is 12.2 Å². The largest absolute Gasteiger partial charge is 0.445 e. The molecule has 2 N–H and O–H groups in total. The number of carbonyl (C=O) groups excluding carboxylic acids is 1. The minimum absolute atomic E-state index is 0.186. The third-order valence-corrected chi connectivity index (χ3v) is 4.37. The highest BCUT2D eigenvalue weighted by Gasteiger charge is 2.18. The Morgan fingerprint density at radius 2 is 1.84 bits per heavy atom. The number of aliphatic hydroxyl groups is 1. The van der Waals surface area contributed by atoms with E-state index in [4.69, 9.17) is 4.74 Å². The molecule has 1 atom stereocenters. The molecule has 0 radical (unpaired) electrons. The first-order valence-corrected chi connectivity index (χ1v) is 8.62. The molecular formula is C20H24N2O3. The fourth-order valence-corrected chi connectivity index (χ4v) is 3.05. The van der Waals surface area contributed by atoms with E-state index in [0.29, 0.717) is 6.54 Å². The Balaban J connectivity index is 1.37. The zero-order valence-electron chi connectivity index (χ0n) is 14.2. The van der Waals surface area contributed by atoms with Gasteiger partial charge in [0.1, 0.15) is 6.61 Å². The van der Waals surface area contributed by atoms with Gasteiger partial charge in [-0.25, -0.2) is 4.79 Å². The highest BCUT2D eigenvalue weighted by atomic mass is 16.5. The van der Waals surface area contributed by atoms with E-state index in [1.807, 2.05) is 36.4 Å². The van der Waals surface area contributed by atoms with Crippen molar-refractivity contribution in [2.24, 2.45) is 0 Å². The van der Waals surface area contributed by atoms with Crippen LogP contribution in [0.25, 0.3) is 0 Å². The van der Waals surface area contributed by atoms with Gasteiger partial charge in [0.05, 0.1) is 6.10 Å². The van der Waals surface area contributed by atoms with Crippen molar-refractivity contribution in [3.63, 3.8) is 0 Å². The predicted molar refractivity (Wildman–Crippen MR) is 96.1 cm³/mol. The average Bonchev–Trinajstić information content (AvgIpc) is 2.65. The maximum Gasteiger partial charge on any atom is 0.407 e. The second-order valence-electron chi connectivity index (χ2n) is 6.35. The Morgan fingerprint density at radius 3 is 2.64 bits per heavy atom. The highest BCUT2D eigenvalue weighted by molar-refractivity contribution is 5.67. The molecule has 0 fully saturated rings. The van der Waals surface area contributed by atoms with Crippen molar-refractivity contribution in [2.45, 2.75) is 25.7 Å². The van der Waals surface area contributed by atoms with Crippen LogP contribution in [0.3, 0.4) is 0 Å². The summed E-state index contributed by atoms with van der Waals surface area (Å²) < 4.78 is 5.14. The van der Waals surface area contributed by atoms with Gasteiger partial charge in [-0.05, 0) is 23.1 Å². The summed E-state index contributed by atoms with van der Waals surface area (Å²) in [6.07, 6.45) is -0.128. The second kappa shape index (κ2) is 8.65. The van der Waals surface area contributed by atoms with Crippen molar-refractivity contribution in [3.05, 3.63) is 71.3 Å². The number of nitrogens with zero attached hydrogens (tertiary/aromatic N) is 1. The Hall–Kier alpha value is -2.37. The zero-order valence-corrected chi connectivity index (χ0v) is 14.2. The lowest BCUT2D eigenvalue weighted by Crippen LogP contribution is -2.42. The molecule has 1 aliphatic rings. The molecule has 2 aromatic rings. The van der Waals surface area contributed by atoms with E-state index in [2.05, 4.69) is 28.4 Å². The minimum atomic E-state index is -0.616. The predicted octanol–water partition coefficient (Wildman–Crippen LogP) is 2.33. The number of amides is 1. The summed E-state index contributed by atoms with van der Waals surface area (Å²) in [6.45, 7) is 2.71. The standard InChI is InChI=1S/C20H24N2O3/c23-19(12-21-20(24)25-15-16-6-2-1-3-7-16)14-22-11-10-17-8-4-5-9-18(17)13-22/h1-9,19,23H,10-15H2,(H,21,24). The third-order valence-electron chi connectivity index (χ3n) is 4.37. The van der Waals surface area contributed by atoms with Crippen LogP contribution in [-0.2, 0) is 24.3 Å². The molecule has 0 bridgehead atoms. The van der Waals surface area contributed by atoms with Crippen LogP contribution in [0.15, 0.2) is 54.6 Å². The van der Waals surface area contributed by atoms with Gasteiger partial charge >= 0.3 is 6.09 Å². The lowest BCUT2D eigenvalue weighted by molar-refractivity contribution is 0.0955. The molecular weight excluding hydrogens is 316 g/mol. The van der Waals surface area contributed by atoms with Gasteiger partial charge in [0.15, 0.2) is 0 Å². The Labute approximate surface area is 148 Å². The van der Waals surface area contributed by atoms with Crippen LogP contribution in [0.5, 0.6) is 0 Å². The molecule has 1 aliphatic heterocycles. The number of hydrogen-bond acceptors (Lipinski definition) is 4. The van der Waals surface area contributed by atoms with Gasteiger partial charge in [-0.15, -0.1) is 0 Å². The van der Waals surface area contributed by atoms with Gasteiger partial charge < -0.3 is 15.2 Å². The van der Waals surface area contributed by atoms with Crippen LogP contribution in [0.1, 0.15) is 16.7 Å². The first kappa shape index (κ1) is 17.5. The fraction of sp³-hybridized carbons (Fsp3) is 0.350. The third kappa shape index (κ3) is 5.31. The van der Waals surface area contributed by atoms with Crippen LogP contribution < -0.4 is 5.32 Å². The molecule has 1 heterocycles. The van der Waals surface area contributed by atoms with Crippen molar-refractivity contribution >= 4 is 6.09 Å². The first-order valence-electron chi connectivity index (χ1n) is 8.62. The van der Waals surface area contributed by atoms with Crippen molar-refractivity contribution < 1.29 is 14.6 Å². The van der Waals surface area contributed by atoms with Gasteiger partial charge in [0.2, 0.25) is 0 Å². The van der Waals surface area contributed by atoms with Crippen molar-refractivity contribution in [2.75, 3.05) is 19.6 Å². The number of alkyl carbamates (subject to hydrolysis) is 1. The van der Waals surface area contributed by atoms with Crippen LogP contribution >= 0.6 is 0 Å². The number of rotatable bonds is 6. The van der Waals surface area contributed by atoms with Gasteiger partial charge in [0, 0.05) is 26.2 Å². The normalized spacial score (nSPS) is 15.2. The van der Waals surface area contributed by atoms with Gasteiger partial charge in [-0.2, -0.15) is 0 Å². The van der Waals surface area contributed by atoms with E-state index in [-0.39, 0.29) is 13.2 Å². The summed E-state index contributed by atoms with van der Waals surface area (Å²) >= 11 is 0. The van der Waals surface area contributed by atoms with E-state index in [1.54, 1.807) is 0 Å². The number of carbonyl (C=O) groups is 1. The van der Waals surface area contributed by atoms with Crippen LogP contribution in [-0.4, -0.2) is 41.8 Å². The van der Waals surface area contributed by atoms with E-state index in [9.17, 15) is 9.90 Å². The van der Waals surface area contributed by atoms with Gasteiger partial charge in [0.25, 0.3) is 0 Å². The summed E-state index contributed by atoms with van der Waals surface area (Å²) in [4.78, 5) is 13.9. The molecule has 25 heavy (non-hydrogen) atoms. The van der Waals surface area contributed by atoms with E-state index in [0.717, 1.165) is 25.1 Å². The van der Waals surface area contributed by atoms with Gasteiger partial charge in [-0.1, -0.05) is 54.6 Å². The Morgan fingerprint density at radius 1 is 1.12 bits per heavy atom. The Kier molecular flexibility index (Phi) is 6.04. The molecule has 0 saturated carbocycles. The van der Waals surface area contributed by atoms with Crippen molar-refractivity contribution in [1.82, 2.24) is 10.2 Å². The second-order valence-corrected chi connectivity index (χ2v) is 6.35. The number of ether oxygens (including phenoxy) is 1. The summed E-state index contributed by atoms with van der Waals surface area (Å²) in [5, 5.41) is 12.8. The molecule has 0 aromatic heterocycles. The summed E-state index contributed by atoms with van der Waals surface area (Å²) in [6, 6.07) is 17.9. The molecule has 132 valence electrons. The van der Waals surface area contributed by atoms with Gasteiger partial charge in [-0.3, -0.25) is 4.90 Å². The zero-order chi connectivity index (χ0) is 17.5. The molecule has 1 amide bonds. The summed E-state index contributed by atoms with van der Waals surface area (Å²) in [5.41, 5.74) is 3.64. The maximum atomic E-state index is 11.7. The lowest BCUT2D eigenvalue weighted by atomic mass is 10.00. The smallest absolute Gasteiger partial charge is 0.407 e. The summed E-state index contributed by atoms with van der Waals surface area (Å²) in [5.74, 6) is 0. The topological polar surface area (TPSA) is 61.8 Å². The van der Waals surface area contributed by atoms with Crippen LogP contribution in [0, 0.1) is 0 Å². The average molecular weight is 340 g/mol. The van der Waals surface area contributed by atoms with Crippen LogP contribution in [0.2, 0.25) is 0 Å². The number of aliphatic hydroxyl groups excluding tert-OH is 1. The quantitative estimate of drug-likeness (QED) is 0.847. The number of nitrogens with one attached hydrogen (secondary N) is 1. The Bertz CT molecular complexity index is 690. The van der Waals surface area contributed by atoms with E-state index in [1.165, 1.54) is 11.1 Å². The molecule has 1 unspecified atom stereocenters. The minimum Gasteiger partial charge on any atom is -0.445 e. The maximum absolute atomic E-state index is 11.7. The molecule has 0 spiro atoms. The monoisotopic (exact) mass is 340 g/mol. The molecule has 3 rings (SSSR count). The fourth-order valence-electron chi connectivity index (χ4n) is 3.05. The number of β-amino-alcohol motifs (C(OH)–C–C–N with tert-alkyl or cyclic N) is 1. The van der Waals surface area contributed by atoms with Crippen LogP contribution in [0.4, 0.5) is 4.79 Å². The highest BCUT2D eigenvalue weighted by Crippen LogP contribution is 2.18. The lowest BCUT2D eigenvalue weighted by Gasteiger charge is -2.30. The van der Waals surface area contributed by atoms with Crippen molar-refractivity contribution in [1.29, 1.82) is 0 Å². The molecule has 0 saturated heterocycles. The number of hydrogen-bond donors (Lipinski definition) is 2.